The van der Waals surface area contributed by atoms with Crippen LogP contribution in [0.25, 0.3) is 0 Å². The average molecular weight is 268 g/mol. The summed E-state index contributed by atoms with van der Waals surface area (Å²) in [4.78, 5) is 8.35. The lowest BCUT2D eigenvalue weighted by atomic mass is 9.80. The highest BCUT2D eigenvalue weighted by atomic mass is 35.5. The Hall–Kier alpha value is -0.830. The van der Waals surface area contributed by atoms with E-state index in [0.29, 0.717) is 5.15 Å². The fourth-order valence-corrected chi connectivity index (χ4v) is 3.05. The lowest BCUT2D eigenvalue weighted by Gasteiger charge is -2.29. The summed E-state index contributed by atoms with van der Waals surface area (Å²) in [5.74, 6) is 2.49. The predicted molar refractivity (Wildman–Crippen MR) is 76.0 cm³/mol. The van der Waals surface area contributed by atoms with Gasteiger partial charge in [-0.1, -0.05) is 44.7 Å². The third kappa shape index (κ3) is 3.14. The number of aromatic nitrogens is 2. The standard InChI is InChI=1S/C14H22ClN3/c1-3-12-13(15)17-9-18-14(12)16-8-11-7-5-4-6-10(11)2/h9-11H,3-8H2,1-2H3,(H,16,17,18). The zero-order valence-electron chi connectivity index (χ0n) is 11.2. The molecule has 1 aliphatic carbocycles. The van der Waals surface area contributed by atoms with Gasteiger partial charge in [0.1, 0.15) is 17.3 Å². The minimum atomic E-state index is 0.576. The molecule has 1 aromatic heterocycles. The molecule has 1 aliphatic rings. The number of hydrogen-bond donors (Lipinski definition) is 1. The van der Waals surface area contributed by atoms with Crippen molar-refractivity contribution in [1.82, 2.24) is 9.97 Å². The molecule has 0 radical (unpaired) electrons. The van der Waals surface area contributed by atoms with E-state index < -0.39 is 0 Å². The predicted octanol–water partition coefficient (Wildman–Crippen LogP) is 3.93. The molecular formula is C14H22ClN3. The Labute approximate surface area is 114 Å². The molecule has 0 saturated heterocycles. The molecule has 0 bridgehead atoms. The van der Waals surface area contributed by atoms with E-state index in [1.54, 1.807) is 0 Å². The molecule has 1 N–H and O–H groups in total. The van der Waals surface area contributed by atoms with Crippen LogP contribution in [-0.4, -0.2) is 16.5 Å². The molecule has 1 heterocycles. The molecule has 2 unspecified atom stereocenters. The van der Waals surface area contributed by atoms with Gasteiger partial charge in [0.25, 0.3) is 0 Å². The van der Waals surface area contributed by atoms with Crippen molar-refractivity contribution in [2.75, 3.05) is 11.9 Å². The lowest BCUT2D eigenvalue weighted by Crippen LogP contribution is -2.25. The molecule has 0 aliphatic heterocycles. The average Bonchev–Trinajstić information content (AvgIpc) is 2.38. The maximum absolute atomic E-state index is 6.09. The molecule has 4 heteroatoms. The molecule has 1 saturated carbocycles. The summed E-state index contributed by atoms with van der Waals surface area (Å²) in [7, 11) is 0. The van der Waals surface area contributed by atoms with E-state index in [1.165, 1.54) is 32.0 Å². The van der Waals surface area contributed by atoms with Gasteiger partial charge in [-0.2, -0.15) is 0 Å². The molecule has 0 amide bonds. The largest absolute Gasteiger partial charge is 0.369 e. The van der Waals surface area contributed by atoms with Crippen LogP contribution in [0.1, 0.15) is 45.1 Å². The molecule has 1 fully saturated rings. The molecule has 0 aromatic carbocycles. The number of halogens is 1. The molecule has 2 rings (SSSR count). The Kier molecular flexibility index (Phi) is 4.81. The van der Waals surface area contributed by atoms with Gasteiger partial charge in [0.05, 0.1) is 0 Å². The molecular weight excluding hydrogens is 246 g/mol. The summed E-state index contributed by atoms with van der Waals surface area (Å²) in [6.07, 6.45) is 7.83. The maximum Gasteiger partial charge on any atom is 0.137 e. The number of nitrogens with zero attached hydrogens (tertiary/aromatic N) is 2. The van der Waals surface area contributed by atoms with E-state index in [-0.39, 0.29) is 0 Å². The van der Waals surface area contributed by atoms with E-state index in [9.17, 15) is 0 Å². The number of nitrogens with one attached hydrogen (secondary N) is 1. The summed E-state index contributed by atoms with van der Waals surface area (Å²) in [5, 5.41) is 4.05. The molecule has 100 valence electrons. The van der Waals surface area contributed by atoms with Gasteiger partial charge in [0.2, 0.25) is 0 Å². The van der Waals surface area contributed by atoms with Crippen molar-refractivity contribution in [2.24, 2.45) is 11.8 Å². The van der Waals surface area contributed by atoms with Crippen LogP contribution in [0.2, 0.25) is 5.15 Å². The van der Waals surface area contributed by atoms with Gasteiger partial charge < -0.3 is 5.32 Å². The Morgan fingerprint density at radius 3 is 2.83 bits per heavy atom. The summed E-state index contributed by atoms with van der Waals surface area (Å²) in [6, 6.07) is 0. The highest BCUT2D eigenvalue weighted by Crippen LogP contribution is 2.30. The fourth-order valence-electron chi connectivity index (χ4n) is 2.78. The number of anilines is 1. The highest BCUT2D eigenvalue weighted by molar-refractivity contribution is 6.30. The van der Waals surface area contributed by atoms with Gasteiger partial charge >= 0.3 is 0 Å². The number of hydrogen-bond acceptors (Lipinski definition) is 3. The first kappa shape index (κ1) is 13.6. The van der Waals surface area contributed by atoms with E-state index in [0.717, 1.165) is 36.2 Å². The van der Waals surface area contributed by atoms with Crippen LogP contribution in [0.5, 0.6) is 0 Å². The van der Waals surface area contributed by atoms with Crippen LogP contribution in [-0.2, 0) is 6.42 Å². The Morgan fingerprint density at radius 1 is 1.33 bits per heavy atom. The van der Waals surface area contributed by atoms with Gasteiger partial charge in [0, 0.05) is 12.1 Å². The van der Waals surface area contributed by atoms with Gasteiger partial charge in [-0.25, -0.2) is 9.97 Å². The van der Waals surface area contributed by atoms with Crippen LogP contribution in [0.4, 0.5) is 5.82 Å². The molecule has 3 nitrogen and oxygen atoms in total. The first-order valence-electron chi connectivity index (χ1n) is 6.95. The zero-order chi connectivity index (χ0) is 13.0. The van der Waals surface area contributed by atoms with Crippen LogP contribution in [0, 0.1) is 11.8 Å². The van der Waals surface area contributed by atoms with E-state index in [1.807, 2.05) is 0 Å². The topological polar surface area (TPSA) is 37.8 Å². The Bertz CT molecular complexity index is 395. The minimum absolute atomic E-state index is 0.576. The molecule has 2 atom stereocenters. The first-order chi connectivity index (χ1) is 8.72. The Balaban J connectivity index is 1.99. The summed E-state index contributed by atoms with van der Waals surface area (Å²) < 4.78 is 0. The third-order valence-corrected chi connectivity index (χ3v) is 4.39. The number of rotatable bonds is 4. The summed E-state index contributed by atoms with van der Waals surface area (Å²) >= 11 is 6.09. The van der Waals surface area contributed by atoms with Crippen LogP contribution in [0.15, 0.2) is 6.33 Å². The zero-order valence-corrected chi connectivity index (χ0v) is 12.0. The maximum atomic E-state index is 6.09. The highest BCUT2D eigenvalue weighted by Gasteiger charge is 2.21. The van der Waals surface area contributed by atoms with Crippen LogP contribution < -0.4 is 5.32 Å². The van der Waals surface area contributed by atoms with Crippen molar-refractivity contribution in [3.63, 3.8) is 0 Å². The first-order valence-corrected chi connectivity index (χ1v) is 7.33. The van der Waals surface area contributed by atoms with Gasteiger partial charge in [0.15, 0.2) is 0 Å². The summed E-state index contributed by atoms with van der Waals surface area (Å²) in [6.45, 7) is 5.44. The van der Waals surface area contributed by atoms with Crippen molar-refractivity contribution >= 4 is 17.4 Å². The lowest BCUT2D eigenvalue weighted by molar-refractivity contribution is 0.268. The third-order valence-electron chi connectivity index (χ3n) is 4.07. The second-order valence-corrected chi connectivity index (χ2v) is 5.61. The fraction of sp³-hybridized carbons (Fsp3) is 0.714. The molecule has 0 spiro atoms. The van der Waals surface area contributed by atoms with E-state index >= 15 is 0 Å². The second kappa shape index (κ2) is 6.37. The van der Waals surface area contributed by atoms with Crippen molar-refractivity contribution in [1.29, 1.82) is 0 Å². The van der Waals surface area contributed by atoms with Crippen molar-refractivity contribution in [3.05, 3.63) is 17.0 Å². The molecule has 1 aromatic rings. The van der Waals surface area contributed by atoms with Gasteiger partial charge in [-0.05, 0) is 24.7 Å². The smallest absolute Gasteiger partial charge is 0.137 e. The van der Waals surface area contributed by atoms with E-state index in [2.05, 4.69) is 29.1 Å². The Morgan fingerprint density at radius 2 is 2.11 bits per heavy atom. The molecule has 18 heavy (non-hydrogen) atoms. The normalized spacial score (nSPS) is 23.9. The van der Waals surface area contributed by atoms with Gasteiger partial charge in [-0.15, -0.1) is 0 Å². The minimum Gasteiger partial charge on any atom is -0.369 e. The van der Waals surface area contributed by atoms with Crippen molar-refractivity contribution < 1.29 is 0 Å². The van der Waals surface area contributed by atoms with Crippen LogP contribution >= 0.6 is 11.6 Å². The van der Waals surface area contributed by atoms with Gasteiger partial charge in [-0.3, -0.25) is 0 Å². The second-order valence-electron chi connectivity index (χ2n) is 5.25. The van der Waals surface area contributed by atoms with Crippen molar-refractivity contribution in [2.45, 2.75) is 46.0 Å². The van der Waals surface area contributed by atoms with Crippen LogP contribution in [0.3, 0.4) is 0 Å². The SMILES string of the molecule is CCc1c(Cl)ncnc1NCC1CCCCC1C. The monoisotopic (exact) mass is 267 g/mol. The van der Waals surface area contributed by atoms with Crippen molar-refractivity contribution in [3.8, 4) is 0 Å². The quantitative estimate of drug-likeness (QED) is 0.840. The van der Waals surface area contributed by atoms with E-state index in [4.69, 9.17) is 11.6 Å². The summed E-state index contributed by atoms with van der Waals surface area (Å²) in [5.41, 5.74) is 1.03.